The van der Waals surface area contributed by atoms with Crippen molar-refractivity contribution in [1.29, 1.82) is 0 Å². The quantitative estimate of drug-likeness (QED) is 0.167. The van der Waals surface area contributed by atoms with Crippen LogP contribution in [0.1, 0.15) is 11.1 Å². The molecule has 10 heteroatoms. The van der Waals surface area contributed by atoms with Crippen molar-refractivity contribution in [3.63, 3.8) is 0 Å². The van der Waals surface area contributed by atoms with E-state index in [1.165, 1.54) is 24.3 Å². The Bertz CT molecular complexity index is 1040. The summed E-state index contributed by atoms with van der Waals surface area (Å²) in [5.41, 5.74) is 4.23. The first kappa shape index (κ1) is 21.4. The third-order valence-electron chi connectivity index (χ3n) is 3.64. The van der Waals surface area contributed by atoms with Gasteiger partial charge in [0.2, 0.25) is 0 Å². The molecule has 148 valence electrons. The Morgan fingerprint density at radius 3 is 2.59 bits per heavy atom. The molecular formula is C19H13FI2N4O3. The lowest BCUT2D eigenvalue weighted by atomic mass is 10.2. The molecule has 0 saturated heterocycles. The zero-order valence-corrected chi connectivity index (χ0v) is 19.0. The Morgan fingerprint density at radius 1 is 1.21 bits per heavy atom. The predicted octanol–water partition coefficient (Wildman–Crippen LogP) is 5.36. The van der Waals surface area contributed by atoms with Gasteiger partial charge in [0.25, 0.3) is 5.69 Å². The summed E-state index contributed by atoms with van der Waals surface area (Å²) in [4.78, 5) is 14.0. The minimum Gasteiger partial charge on any atom is -0.487 e. The summed E-state index contributed by atoms with van der Waals surface area (Å²) in [6.07, 6.45) is 2.78. The third-order valence-corrected chi connectivity index (χ3v) is 5.25. The summed E-state index contributed by atoms with van der Waals surface area (Å²) in [6, 6.07) is 12.9. The number of nitrogens with zero attached hydrogens (tertiary/aromatic N) is 3. The number of pyridine rings is 1. The molecule has 0 bridgehead atoms. The maximum atomic E-state index is 13.3. The van der Waals surface area contributed by atoms with Crippen molar-refractivity contribution in [2.45, 2.75) is 6.61 Å². The van der Waals surface area contributed by atoms with Crippen LogP contribution < -0.4 is 10.2 Å². The molecule has 1 heterocycles. The molecule has 0 spiro atoms. The normalized spacial score (nSPS) is 10.9. The smallest absolute Gasteiger partial charge is 0.287 e. The molecule has 0 aliphatic rings. The fraction of sp³-hybridized carbons (Fsp3) is 0.0526. The molecule has 0 fully saturated rings. The first-order chi connectivity index (χ1) is 13.9. The molecule has 2 aromatic carbocycles. The van der Waals surface area contributed by atoms with Crippen LogP contribution in [0.3, 0.4) is 0 Å². The molecule has 7 nitrogen and oxygen atoms in total. The number of rotatable bonds is 7. The molecule has 3 aromatic rings. The summed E-state index contributed by atoms with van der Waals surface area (Å²) < 4.78 is 20.9. The summed E-state index contributed by atoms with van der Waals surface area (Å²) in [5, 5.41) is 14.7. The molecule has 0 amide bonds. The SMILES string of the molecule is O=[N+]([O-])c1ccc(N/N=C/c2cc(I)c(OCc3cccc(F)c3)c(I)c2)nc1. The van der Waals surface area contributed by atoms with Gasteiger partial charge in [0.15, 0.2) is 0 Å². The second kappa shape index (κ2) is 9.91. The molecule has 0 aliphatic carbocycles. The van der Waals surface area contributed by atoms with Crippen LogP contribution in [0.2, 0.25) is 0 Å². The number of hydrogen-bond acceptors (Lipinski definition) is 6. The first-order valence-electron chi connectivity index (χ1n) is 8.18. The summed E-state index contributed by atoms with van der Waals surface area (Å²) in [7, 11) is 0. The highest BCUT2D eigenvalue weighted by atomic mass is 127. The van der Waals surface area contributed by atoms with Crippen molar-refractivity contribution >= 4 is 62.9 Å². The van der Waals surface area contributed by atoms with Crippen molar-refractivity contribution in [2.75, 3.05) is 5.43 Å². The molecule has 0 radical (unpaired) electrons. The van der Waals surface area contributed by atoms with E-state index >= 15 is 0 Å². The van der Waals surface area contributed by atoms with Crippen LogP contribution in [-0.2, 0) is 6.61 Å². The van der Waals surface area contributed by atoms with Crippen LogP contribution in [0, 0.1) is 23.1 Å². The Labute approximate surface area is 192 Å². The van der Waals surface area contributed by atoms with Gasteiger partial charge in [-0.25, -0.2) is 9.37 Å². The number of hydrazone groups is 1. The van der Waals surface area contributed by atoms with E-state index in [1.807, 2.05) is 18.2 Å². The van der Waals surface area contributed by atoms with Gasteiger partial charge in [0, 0.05) is 6.07 Å². The Kier molecular flexibility index (Phi) is 7.30. The van der Waals surface area contributed by atoms with Gasteiger partial charge < -0.3 is 4.74 Å². The number of nitro groups is 1. The van der Waals surface area contributed by atoms with Gasteiger partial charge in [-0.2, -0.15) is 5.10 Å². The number of nitrogens with one attached hydrogen (secondary N) is 1. The zero-order chi connectivity index (χ0) is 20.8. The highest BCUT2D eigenvalue weighted by Crippen LogP contribution is 2.29. The molecule has 0 saturated carbocycles. The Morgan fingerprint density at radius 2 is 1.97 bits per heavy atom. The van der Waals surface area contributed by atoms with E-state index in [2.05, 4.69) is 60.7 Å². The Balaban J connectivity index is 1.65. The van der Waals surface area contributed by atoms with Gasteiger partial charge in [0.1, 0.15) is 30.2 Å². The van der Waals surface area contributed by atoms with Crippen LogP contribution in [-0.4, -0.2) is 16.1 Å². The summed E-state index contributed by atoms with van der Waals surface area (Å²) >= 11 is 4.34. The lowest BCUT2D eigenvalue weighted by molar-refractivity contribution is -0.385. The molecular weight excluding hydrogens is 605 g/mol. The van der Waals surface area contributed by atoms with Crippen molar-refractivity contribution in [1.82, 2.24) is 4.98 Å². The average Bonchev–Trinajstić information content (AvgIpc) is 2.68. The van der Waals surface area contributed by atoms with Gasteiger partial charge >= 0.3 is 0 Å². The topological polar surface area (TPSA) is 89.7 Å². The number of ether oxygens (including phenoxy) is 1. The number of aromatic nitrogens is 1. The molecule has 3 rings (SSSR count). The van der Waals surface area contributed by atoms with E-state index < -0.39 is 4.92 Å². The van der Waals surface area contributed by atoms with E-state index in [9.17, 15) is 14.5 Å². The third kappa shape index (κ3) is 6.06. The lowest BCUT2D eigenvalue weighted by Gasteiger charge is -2.11. The second-order valence-electron chi connectivity index (χ2n) is 5.76. The van der Waals surface area contributed by atoms with E-state index in [0.29, 0.717) is 5.82 Å². The molecule has 0 atom stereocenters. The van der Waals surface area contributed by atoms with Gasteiger partial charge in [-0.1, -0.05) is 12.1 Å². The number of halogens is 3. The average molecular weight is 618 g/mol. The predicted molar refractivity (Wildman–Crippen MR) is 125 cm³/mol. The minimum absolute atomic E-state index is 0.0857. The van der Waals surface area contributed by atoms with Crippen molar-refractivity contribution in [2.24, 2.45) is 5.10 Å². The van der Waals surface area contributed by atoms with E-state index in [4.69, 9.17) is 4.74 Å². The Hall–Kier alpha value is -2.35. The molecule has 1 N–H and O–H groups in total. The van der Waals surface area contributed by atoms with E-state index in [1.54, 1.807) is 12.3 Å². The van der Waals surface area contributed by atoms with Gasteiger partial charge in [-0.05, 0) is 86.6 Å². The molecule has 0 unspecified atom stereocenters. The van der Waals surface area contributed by atoms with Crippen molar-refractivity contribution in [3.8, 4) is 5.75 Å². The minimum atomic E-state index is -0.512. The highest BCUT2D eigenvalue weighted by Gasteiger charge is 2.09. The number of hydrogen-bond donors (Lipinski definition) is 1. The highest BCUT2D eigenvalue weighted by molar-refractivity contribution is 14.1. The van der Waals surface area contributed by atoms with Crippen LogP contribution in [0.4, 0.5) is 15.9 Å². The van der Waals surface area contributed by atoms with Crippen molar-refractivity contribution in [3.05, 3.63) is 88.9 Å². The van der Waals surface area contributed by atoms with Crippen LogP contribution in [0.5, 0.6) is 5.75 Å². The zero-order valence-electron chi connectivity index (χ0n) is 14.7. The van der Waals surface area contributed by atoms with Crippen LogP contribution in [0.25, 0.3) is 0 Å². The molecule has 1 aromatic heterocycles. The first-order valence-corrected chi connectivity index (χ1v) is 10.3. The lowest BCUT2D eigenvalue weighted by Crippen LogP contribution is -2.01. The van der Waals surface area contributed by atoms with Crippen LogP contribution in [0.15, 0.2) is 59.8 Å². The molecule has 0 aliphatic heterocycles. The fourth-order valence-corrected chi connectivity index (χ4v) is 4.44. The summed E-state index contributed by atoms with van der Waals surface area (Å²) in [6.45, 7) is 0.268. The van der Waals surface area contributed by atoms with Gasteiger partial charge in [0.05, 0.1) is 18.3 Å². The van der Waals surface area contributed by atoms with Crippen LogP contribution >= 0.6 is 45.2 Å². The van der Waals surface area contributed by atoms with E-state index in [-0.39, 0.29) is 18.1 Å². The fourth-order valence-electron chi connectivity index (χ4n) is 2.31. The van der Waals surface area contributed by atoms with Crippen molar-refractivity contribution < 1.29 is 14.1 Å². The standard InChI is InChI=1S/C19H13FI2N4O3/c20-14-3-1-2-12(6-14)11-29-19-16(21)7-13(8-17(19)22)9-24-25-18-5-4-15(10-23-18)26(27)28/h1-10H,11H2,(H,23,25)/b24-9+. The second-order valence-corrected chi connectivity index (χ2v) is 8.09. The number of anilines is 1. The maximum Gasteiger partial charge on any atom is 0.287 e. The summed E-state index contributed by atoms with van der Waals surface area (Å²) in [5.74, 6) is 0.820. The number of benzene rings is 2. The van der Waals surface area contributed by atoms with E-state index in [0.717, 1.165) is 30.2 Å². The maximum absolute atomic E-state index is 13.3. The van der Waals surface area contributed by atoms with Gasteiger partial charge in [-0.3, -0.25) is 15.5 Å². The molecule has 29 heavy (non-hydrogen) atoms. The largest absolute Gasteiger partial charge is 0.487 e. The van der Waals surface area contributed by atoms with Gasteiger partial charge in [-0.15, -0.1) is 0 Å². The monoisotopic (exact) mass is 618 g/mol.